The molecule has 0 radical (unpaired) electrons. The summed E-state index contributed by atoms with van der Waals surface area (Å²) in [6.07, 6.45) is 2.36. The lowest BCUT2D eigenvalue weighted by Crippen LogP contribution is -2.18. The van der Waals surface area contributed by atoms with Crippen molar-refractivity contribution in [3.8, 4) is 17.2 Å². The molecule has 0 saturated carbocycles. The lowest BCUT2D eigenvalue weighted by molar-refractivity contribution is -0.119. The molecule has 1 aliphatic heterocycles. The maximum Gasteiger partial charge on any atom is 0.217 e. The molecular weight excluding hydrogens is 440 g/mol. The minimum absolute atomic E-state index is 0.0944. The van der Waals surface area contributed by atoms with Crippen molar-refractivity contribution in [3.05, 3.63) is 77.3 Å². The van der Waals surface area contributed by atoms with Crippen LogP contribution in [0.5, 0.6) is 5.75 Å². The zero-order valence-electron chi connectivity index (χ0n) is 18.1. The summed E-state index contributed by atoms with van der Waals surface area (Å²) in [6, 6.07) is 15.3. The molecule has 9 heteroatoms. The van der Waals surface area contributed by atoms with Gasteiger partial charge in [-0.25, -0.2) is 9.99 Å². The van der Waals surface area contributed by atoms with Gasteiger partial charge in [-0.3, -0.25) is 4.79 Å². The molecule has 0 bridgehead atoms. The number of furan rings is 2. The number of aromatic nitrogens is 1. The van der Waals surface area contributed by atoms with Crippen molar-refractivity contribution in [2.24, 2.45) is 5.10 Å². The van der Waals surface area contributed by atoms with E-state index in [9.17, 15) is 4.79 Å². The summed E-state index contributed by atoms with van der Waals surface area (Å²) in [5, 5.41) is 12.2. The van der Waals surface area contributed by atoms with Crippen LogP contribution >= 0.6 is 11.3 Å². The number of amides is 1. The summed E-state index contributed by atoms with van der Waals surface area (Å²) in [6.45, 7) is 1.82. The fraction of sp³-hybridized carbons (Fsp3) is 0.208. The highest BCUT2D eigenvalue weighted by Crippen LogP contribution is 2.39. The Labute approximate surface area is 194 Å². The lowest BCUT2D eigenvalue weighted by Gasteiger charge is -2.18. The van der Waals surface area contributed by atoms with Gasteiger partial charge in [0.1, 0.15) is 29.0 Å². The largest absolute Gasteiger partial charge is 0.497 e. The molecule has 1 aliphatic rings. The van der Waals surface area contributed by atoms with E-state index in [1.54, 1.807) is 13.4 Å². The van der Waals surface area contributed by atoms with Gasteiger partial charge >= 0.3 is 0 Å². The topological polar surface area (TPSA) is 93.1 Å². The van der Waals surface area contributed by atoms with Crippen LogP contribution in [0.25, 0.3) is 11.5 Å². The van der Waals surface area contributed by atoms with Gasteiger partial charge in [0, 0.05) is 18.7 Å². The molecule has 0 saturated heterocycles. The minimum Gasteiger partial charge on any atom is -0.497 e. The molecule has 4 heterocycles. The number of hydrogen-bond donors (Lipinski definition) is 1. The maximum atomic E-state index is 11.1. The summed E-state index contributed by atoms with van der Waals surface area (Å²) in [4.78, 5) is 15.9. The Kier molecular flexibility index (Phi) is 5.70. The van der Waals surface area contributed by atoms with E-state index in [1.807, 2.05) is 58.9 Å². The highest BCUT2D eigenvalue weighted by atomic mass is 32.1. The summed E-state index contributed by atoms with van der Waals surface area (Å²) >= 11 is 1.49. The molecule has 0 spiro atoms. The number of ether oxygens (including phenoxy) is 1. The quantitative estimate of drug-likeness (QED) is 0.416. The third kappa shape index (κ3) is 4.40. The first kappa shape index (κ1) is 21.0. The van der Waals surface area contributed by atoms with Crippen LogP contribution in [0.2, 0.25) is 0 Å². The van der Waals surface area contributed by atoms with E-state index in [0.29, 0.717) is 24.5 Å². The average molecular weight is 463 g/mol. The highest BCUT2D eigenvalue weighted by Gasteiger charge is 2.33. The molecule has 8 nitrogen and oxygen atoms in total. The summed E-state index contributed by atoms with van der Waals surface area (Å²) < 4.78 is 16.8. The number of benzene rings is 1. The van der Waals surface area contributed by atoms with E-state index in [2.05, 4.69) is 5.32 Å². The van der Waals surface area contributed by atoms with E-state index < -0.39 is 0 Å². The molecule has 4 aromatic rings. The lowest BCUT2D eigenvalue weighted by atomic mass is 10.0. The third-order valence-electron chi connectivity index (χ3n) is 5.32. The van der Waals surface area contributed by atoms with Crippen LogP contribution in [0.15, 0.2) is 74.1 Å². The van der Waals surface area contributed by atoms with E-state index in [-0.39, 0.29) is 11.9 Å². The smallest absolute Gasteiger partial charge is 0.217 e. The summed E-state index contributed by atoms with van der Waals surface area (Å²) in [7, 11) is 1.65. The number of carbonyl (C=O) groups excluding carboxylic acids is 1. The Balaban J connectivity index is 1.42. The van der Waals surface area contributed by atoms with Gasteiger partial charge in [0.2, 0.25) is 11.0 Å². The number of anilines is 1. The SMILES string of the molecule is COc1ccc(C2=NN(c3nc(-c4ccc(CNC(C)=O)o4)cs3)C(c3ccco3)C2)cc1. The molecule has 3 aromatic heterocycles. The monoisotopic (exact) mass is 462 g/mol. The third-order valence-corrected chi connectivity index (χ3v) is 6.15. The number of nitrogens with one attached hydrogen (secondary N) is 1. The molecule has 1 unspecified atom stereocenters. The van der Waals surface area contributed by atoms with E-state index in [0.717, 1.165) is 33.6 Å². The Morgan fingerprint density at radius 1 is 1.24 bits per heavy atom. The fourth-order valence-corrected chi connectivity index (χ4v) is 4.47. The Bertz CT molecular complexity index is 1270. The first-order valence-corrected chi connectivity index (χ1v) is 11.3. The fourth-order valence-electron chi connectivity index (χ4n) is 3.65. The average Bonchev–Trinajstić information content (AvgIpc) is 3.62. The van der Waals surface area contributed by atoms with Crippen molar-refractivity contribution < 1.29 is 18.4 Å². The Morgan fingerprint density at radius 2 is 2.09 bits per heavy atom. The van der Waals surface area contributed by atoms with Crippen LogP contribution in [0.1, 0.15) is 36.5 Å². The molecule has 1 atom stereocenters. The van der Waals surface area contributed by atoms with Gasteiger partial charge in [-0.1, -0.05) is 0 Å². The van der Waals surface area contributed by atoms with Crippen LogP contribution in [0.4, 0.5) is 5.13 Å². The van der Waals surface area contributed by atoms with Crippen molar-refractivity contribution >= 4 is 28.1 Å². The molecule has 0 fully saturated rings. The van der Waals surface area contributed by atoms with E-state index >= 15 is 0 Å². The predicted molar refractivity (Wildman–Crippen MR) is 125 cm³/mol. The molecule has 1 amide bonds. The van der Waals surface area contributed by atoms with Crippen molar-refractivity contribution in [2.75, 3.05) is 12.1 Å². The number of rotatable bonds is 7. The number of thiazole rings is 1. The van der Waals surface area contributed by atoms with Crippen LogP contribution in [-0.4, -0.2) is 23.7 Å². The molecule has 0 aliphatic carbocycles. The minimum atomic E-state index is -0.104. The second-order valence-electron chi connectivity index (χ2n) is 7.55. The normalized spacial score (nSPS) is 15.5. The Hall–Kier alpha value is -3.85. The number of hydrazone groups is 1. The van der Waals surface area contributed by atoms with Crippen LogP contribution in [0, 0.1) is 0 Å². The number of nitrogens with zero attached hydrogens (tertiary/aromatic N) is 3. The molecule has 33 heavy (non-hydrogen) atoms. The maximum absolute atomic E-state index is 11.1. The van der Waals surface area contributed by atoms with Gasteiger partial charge in [-0.2, -0.15) is 5.10 Å². The first-order valence-electron chi connectivity index (χ1n) is 10.4. The molecular formula is C24H22N4O4S. The zero-order chi connectivity index (χ0) is 22.8. The van der Waals surface area contributed by atoms with Crippen molar-refractivity contribution in [1.82, 2.24) is 10.3 Å². The van der Waals surface area contributed by atoms with E-state index in [4.69, 9.17) is 23.7 Å². The van der Waals surface area contributed by atoms with Crippen molar-refractivity contribution in [2.45, 2.75) is 25.9 Å². The summed E-state index contributed by atoms with van der Waals surface area (Å²) in [5.41, 5.74) is 2.70. The van der Waals surface area contributed by atoms with Gasteiger partial charge in [0.05, 0.1) is 25.6 Å². The number of carbonyl (C=O) groups is 1. The van der Waals surface area contributed by atoms with Gasteiger partial charge in [0.25, 0.3) is 0 Å². The van der Waals surface area contributed by atoms with Crippen molar-refractivity contribution in [3.63, 3.8) is 0 Å². The standard InChI is InChI=1S/C24H22N4O4S/c1-15(29)25-13-18-9-10-22(32-18)20-14-33-24(26-20)28-21(23-4-3-11-31-23)12-19(27-28)16-5-7-17(30-2)8-6-16/h3-11,14,21H,12-13H2,1-2H3,(H,25,29). The first-order chi connectivity index (χ1) is 16.1. The zero-order valence-corrected chi connectivity index (χ0v) is 19.0. The van der Waals surface area contributed by atoms with E-state index in [1.165, 1.54) is 18.3 Å². The van der Waals surface area contributed by atoms with Crippen LogP contribution in [0.3, 0.4) is 0 Å². The molecule has 1 N–H and O–H groups in total. The second kappa shape index (κ2) is 8.95. The predicted octanol–water partition coefficient (Wildman–Crippen LogP) is 5.00. The Morgan fingerprint density at radius 3 is 2.82 bits per heavy atom. The number of hydrogen-bond acceptors (Lipinski definition) is 8. The van der Waals surface area contributed by atoms with Gasteiger partial charge in [-0.15, -0.1) is 11.3 Å². The van der Waals surface area contributed by atoms with Gasteiger partial charge in [-0.05, 0) is 54.1 Å². The molecule has 1 aromatic carbocycles. The molecule has 168 valence electrons. The van der Waals surface area contributed by atoms with Crippen LogP contribution in [-0.2, 0) is 11.3 Å². The second-order valence-corrected chi connectivity index (χ2v) is 8.38. The molecule has 5 rings (SSSR count). The van der Waals surface area contributed by atoms with Crippen molar-refractivity contribution in [1.29, 1.82) is 0 Å². The number of methoxy groups -OCH3 is 1. The summed E-state index contributed by atoms with van der Waals surface area (Å²) in [5.74, 6) is 2.84. The van der Waals surface area contributed by atoms with Gasteiger partial charge in [0.15, 0.2) is 5.76 Å². The highest BCUT2D eigenvalue weighted by molar-refractivity contribution is 7.14. The van der Waals surface area contributed by atoms with Crippen LogP contribution < -0.4 is 15.1 Å². The van der Waals surface area contributed by atoms with Gasteiger partial charge < -0.3 is 18.9 Å².